The van der Waals surface area contributed by atoms with Crippen molar-refractivity contribution >= 4 is 23.1 Å². The minimum Gasteiger partial charge on any atom is -0.507 e. The van der Waals surface area contributed by atoms with Crippen molar-refractivity contribution < 1.29 is 19.4 Å². The maximum absolute atomic E-state index is 13.0. The molecule has 0 bridgehead atoms. The van der Waals surface area contributed by atoms with E-state index in [4.69, 9.17) is 4.74 Å². The fourth-order valence-electron chi connectivity index (χ4n) is 3.57. The van der Waals surface area contributed by atoms with Crippen LogP contribution in [-0.2, 0) is 9.59 Å². The Balaban J connectivity index is 1.92. The van der Waals surface area contributed by atoms with Crippen LogP contribution in [0.15, 0.2) is 78.6 Å². The van der Waals surface area contributed by atoms with Gasteiger partial charge in [-0.05, 0) is 48.9 Å². The number of nitrogens with zero attached hydrogens (tertiary/aromatic N) is 2. The lowest BCUT2D eigenvalue weighted by Crippen LogP contribution is -2.29. The molecular formula is C24H20N2O4. The van der Waals surface area contributed by atoms with E-state index in [0.717, 1.165) is 5.56 Å². The van der Waals surface area contributed by atoms with Gasteiger partial charge in [0.25, 0.3) is 11.7 Å². The van der Waals surface area contributed by atoms with Gasteiger partial charge in [0.15, 0.2) is 0 Å². The average Bonchev–Trinajstić information content (AvgIpc) is 3.05. The highest BCUT2D eigenvalue weighted by Crippen LogP contribution is 2.42. The predicted molar refractivity (Wildman–Crippen MR) is 113 cm³/mol. The number of carbonyl (C=O) groups is 2. The smallest absolute Gasteiger partial charge is 0.300 e. The van der Waals surface area contributed by atoms with Crippen molar-refractivity contribution in [1.29, 1.82) is 0 Å². The fraction of sp³-hybridized carbons (Fsp3) is 0.125. The van der Waals surface area contributed by atoms with Crippen LogP contribution < -0.4 is 9.64 Å². The zero-order valence-corrected chi connectivity index (χ0v) is 16.6. The van der Waals surface area contributed by atoms with Gasteiger partial charge in [-0.25, -0.2) is 0 Å². The quantitative estimate of drug-likeness (QED) is 0.406. The maximum Gasteiger partial charge on any atom is 0.300 e. The molecule has 1 unspecified atom stereocenters. The highest BCUT2D eigenvalue weighted by molar-refractivity contribution is 6.51. The number of hydrogen-bond donors (Lipinski definition) is 1. The Morgan fingerprint density at radius 3 is 2.20 bits per heavy atom. The van der Waals surface area contributed by atoms with Crippen LogP contribution >= 0.6 is 0 Å². The second kappa shape index (κ2) is 7.83. The van der Waals surface area contributed by atoms with Crippen LogP contribution in [0.25, 0.3) is 5.76 Å². The van der Waals surface area contributed by atoms with Gasteiger partial charge in [-0.15, -0.1) is 0 Å². The van der Waals surface area contributed by atoms with Crippen LogP contribution in [0.5, 0.6) is 5.75 Å². The largest absolute Gasteiger partial charge is 0.507 e. The molecule has 6 nitrogen and oxygen atoms in total. The zero-order chi connectivity index (χ0) is 21.3. The van der Waals surface area contributed by atoms with Gasteiger partial charge in [0.1, 0.15) is 11.5 Å². The number of ketones is 1. The number of aliphatic hydroxyl groups is 1. The lowest BCUT2D eigenvalue weighted by molar-refractivity contribution is -0.132. The molecule has 1 aliphatic heterocycles. The van der Waals surface area contributed by atoms with Crippen molar-refractivity contribution in [2.24, 2.45) is 0 Å². The second-order valence-corrected chi connectivity index (χ2v) is 7.01. The van der Waals surface area contributed by atoms with Gasteiger partial charge in [0, 0.05) is 23.6 Å². The van der Waals surface area contributed by atoms with Crippen LogP contribution in [0.4, 0.5) is 5.69 Å². The van der Waals surface area contributed by atoms with Crippen LogP contribution in [0.2, 0.25) is 0 Å². The molecule has 0 saturated carbocycles. The third kappa shape index (κ3) is 3.33. The number of benzene rings is 2. The molecule has 0 radical (unpaired) electrons. The standard InChI is InChI=1S/C24H20N2O4/c1-15-3-7-18(8-4-15)26-21(16-5-9-19(30-2)10-6-16)20(23(28)24(26)29)22(27)17-11-13-25-14-12-17/h3-14,21,27H,1-2H3/b22-20-. The lowest BCUT2D eigenvalue weighted by atomic mass is 9.95. The molecule has 6 heteroatoms. The van der Waals surface area contributed by atoms with E-state index in [9.17, 15) is 14.7 Å². The van der Waals surface area contributed by atoms with E-state index in [2.05, 4.69) is 4.98 Å². The molecule has 1 saturated heterocycles. The number of aliphatic hydroxyl groups excluding tert-OH is 1. The first-order valence-electron chi connectivity index (χ1n) is 9.43. The van der Waals surface area contributed by atoms with Gasteiger partial charge in [-0.3, -0.25) is 19.5 Å². The summed E-state index contributed by atoms with van der Waals surface area (Å²) in [6, 6.07) is 16.9. The number of anilines is 1. The summed E-state index contributed by atoms with van der Waals surface area (Å²) >= 11 is 0. The van der Waals surface area contributed by atoms with Crippen LogP contribution in [0, 0.1) is 6.92 Å². The molecule has 1 amide bonds. The Morgan fingerprint density at radius 1 is 0.967 bits per heavy atom. The molecule has 30 heavy (non-hydrogen) atoms. The number of carbonyl (C=O) groups excluding carboxylic acids is 2. The Kier molecular flexibility index (Phi) is 5.06. The van der Waals surface area contributed by atoms with E-state index in [1.807, 2.05) is 19.1 Å². The maximum atomic E-state index is 13.0. The molecular weight excluding hydrogens is 380 g/mol. The minimum absolute atomic E-state index is 0.0388. The van der Waals surface area contributed by atoms with Crippen molar-refractivity contribution in [2.45, 2.75) is 13.0 Å². The zero-order valence-electron chi connectivity index (χ0n) is 16.6. The number of pyridine rings is 1. The number of aromatic nitrogens is 1. The van der Waals surface area contributed by atoms with Crippen molar-refractivity contribution in [3.63, 3.8) is 0 Å². The number of aryl methyl sites for hydroxylation is 1. The average molecular weight is 400 g/mol. The number of rotatable bonds is 4. The number of hydrogen-bond acceptors (Lipinski definition) is 5. The van der Waals surface area contributed by atoms with E-state index in [1.54, 1.807) is 55.6 Å². The van der Waals surface area contributed by atoms with Crippen molar-refractivity contribution in [1.82, 2.24) is 4.98 Å². The van der Waals surface area contributed by atoms with E-state index in [-0.39, 0.29) is 11.3 Å². The number of methoxy groups -OCH3 is 1. The summed E-state index contributed by atoms with van der Waals surface area (Å²) in [6.45, 7) is 1.95. The topological polar surface area (TPSA) is 79.7 Å². The third-order valence-electron chi connectivity index (χ3n) is 5.14. The Labute approximate surface area is 174 Å². The summed E-state index contributed by atoms with van der Waals surface area (Å²) in [6.07, 6.45) is 3.04. The predicted octanol–water partition coefficient (Wildman–Crippen LogP) is 4.02. The molecule has 3 aromatic rings. The SMILES string of the molecule is COc1ccc(C2/C(=C(/O)c3ccncc3)C(=O)C(=O)N2c2ccc(C)cc2)cc1. The van der Waals surface area contributed by atoms with Crippen LogP contribution in [0.3, 0.4) is 0 Å². The molecule has 0 aliphatic carbocycles. The number of ether oxygens (including phenoxy) is 1. The monoisotopic (exact) mass is 400 g/mol. The molecule has 2 aromatic carbocycles. The van der Waals surface area contributed by atoms with Gasteiger partial charge in [-0.2, -0.15) is 0 Å². The van der Waals surface area contributed by atoms with Crippen molar-refractivity contribution in [2.75, 3.05) is 12.0 Å². The Morgan fingerprint density at radius 2 is 1.60 bits per heavy atom. The summed E-state index contributed by atoms with van der Waals surface area (Å²) < 4.78 is 5.23. The minimum atomic E-state index is -0.772. The molecule has 1 atom stereocenters. The lowest BCUT2D eigenvalue weighted by Gasteiger charge is -2.25. The van der Waals surface area contributed by atoms with Crippen LogP contribution in [-0.4, -0.2) is 28.9 Å². The van der Waals surface area contributed by atoms with Gasteiger partial charge in [0.05, 0.1) is 18.7 Å². The number of amides is 1. The molecule has 1 N–H and O–H groups in total. The first-order chi connectivity index (χ1) is 14.5. The van der Waals surface area contributed by atoms with Gasteiger partial charge in [0.2, 0.25) is 0 Å². The molecule has 150 valence electrons. The van der Waals surface area contributed by atoms with Crippen molar-refractivity contribution in [3.8, 4) is 5.75 Å². The summed E-state index contributed by atoms with van der Waals surface area (Å²) in [5.74, 6) is -0.993. The Bertz CT molecular complexity index is 1120. The molecule has 1 fully saturated rings. The van der Waals surface area contributed by atoms with Gasteiger partial charge >= 0.3 is 0 Å². The summed E-state index contributed by atoms with van der Waals surface area (Å²) in [5.41, 5.74) is 2.76. The normalized spacial score (nSPS) is 17.9. The first kappa shape index (κ1) is 19.4. The van der Waals surface area contributed by atoms with Crippen LogP contribution in [0.1, 0.15) is 22.7 Å². The Hall–Kier alpha value is -3.93. The van der Waals surface area contributed by atoms with Crippen molar-refractivity contribution in [3.05, 3.63) is 95.3 Å². The molecule has 0 spiro atoms. The summed E-state index contributed by atoms with van der Waals surface area (Å²) in [4.78, 5) is 31.4. The van der Waals surface area contributed by atoms with Gasteiger partial charge < -0.3 is 9.84 Å². The van der Waals surface area contributed by atoms with E-state index in [1.165, 1.54) is 17.3 Å². The molecule has 4 rings (SSSR count). The summed E-state index contributed by atoms with van der Waals surface area (Å²) in [5, 5.41) is 11.0. The first-order valence-corrected chi connectivity index (χ1v) is 9.43. The third-order valence-corrected chi connectivity index (χ3v) is 5.14. The summed E-state index contributed by atoms with van der Waals surface area (Å²) in [7, 11) is 1.57. The molecule has 1 aliphatic rings. The van der Waals surface area contributed by atoms with E-state index >= 15 is 0 Å². The fourth-order valence-corrected chi connectivity index (χ4v) is 3.57. The van der Waals surface area contributed by atoms with Gasteiger partial charge in [-0.1, -0.05) is 29.8 Å². The van der Waals surface area contributed by atoms with E-state index in [0.29, 0.717) is 22.6 Å². The molecule has 1 aromatic heterocycles. The second-order valence-electron chi connectivity index (χ2n) is 7.01. The number of Topliss-reactive ketones (excluding diaryl/α,β-unsaturated/α-hetero) is 1. The molecule has 2 heterocycles. The highest BCUT2D eigenvalue weighted by Gasteiger charge is 2.46. The highest BCUT2D eigenvalue weighted by atomic mass is 16.5. The van der Waals surface area contributed by atoms with E-state index < -0.39 is 17.7 Å².